The molecule has 0 saturated heterocycles. The van der Waals surface area contributed by atoms with Gasteiger partial charge in [0.05, 0.1) is 11.1 Å². The van der Waals surface area contributed by atoms with Gasteiger partial charge in [-0.15, -0.1) is 5.10 Å². The van der Waals surface area contributed by atoms with Gasteiger partial charge in [0.25, 0.3) is 5.56 Å². The molecule has 3 heterocycles. The molecule has 6 nitrogen and oxygen atoms in total. The monoisotopic (exact) mass is 459 g/mol. The van der Waals surface area contributed by atoms with Gasteiger partial charge in [-0.05, 0) is 31.6 Å². The molecule has 0 aliphatic carbocycles. The van der Waals surface area contributed by atoms with Crippen molar-refractivity contribution in [2.45, 2.75) is 39.5 Å². The molecular weight excluding hydrogens is 434 g/mol. The van der Waals surface area contributed by atoms with E-state index in [1.54, 1.807) is 0 Å². The second-order valence-corrected chi connectivity index (χ2v) is 9.05. The number of unbranched alkanes of at least 4 members (excludes halogenated alkanes) is 3. The van der Waals surface area contributed by atoms with Gasteiger partial charge in [0.1, 0.15) is 11.3 Å². The minimum atomic E-state index is -0.194. The number of aromatic nitrogens is 3. The summed E-state index contributed by atoms with van der Waals surface area (Å²) in [5.74, 6) is 1.80. The molecule has 0 unspecified atom stereocenters. The number of benzene rings is 2. The van der Waals surface area contributed by atoms with Crippen LogP contribution in [0.15, 0.2) is 57.7 Å². The number of nitrogens with zero attached hydrogens (tertiary/aromatic N) is 3. The minimum absolute atomic E-state index is 0.194. The number of fused-ring (bicyclic) bond motifs is 2. The molecule has 7 heteroatoms. The van der Waals surface area contributed by atoms with Crippen molar-refractivity contribution >= 4 is 33.3 Å². The third-order valence-electron chi connectivity index (χ3n) is 5.69. The van der Waals surface area contributed by atoms with Gasteiger partial charge >= 0.3 is 0 Å². The fourth-order valence-corrected chi connectivity index (χ4v) is 4.80. The summed E-state index contributed by atoms with van der Waals surface area (Å²) < 4.78 is 13.9. The highest BCUT2D eigenvalue weighted by atomic mass is 32.1. The van der Waals surface area contributed by atoms with E-state index in [4.69, 9.17) is 9.15 Å². The summed E-state index contributed by atoms with van der Waals surface area (Å²) in [4.78, 5) is 18.2. The predicted molar refractivity (Wildman–Crippen MR) is 132 cm³/mol. The average molecular weight is 460 g/mol. The first kappa shape index (κ1) is 21.4. The normalized spacial score (nSPS) is 12.2. The first-order valence-corrected chi connectivity index (χ1v) is 12.1. The number of furan rings is 1. The lowest BCUT2D eigenvalue weighted by molar-refractivity contribution is 0.304. The Balaban J connectivity index is 1.46. The Morgan fingerprint density at radius 1 is 1.09 bits per heavy atom. The Morgan fingerprint density at radius 3 is 2.73 bits per heavy atom. The van der Waals surface area contributed by atoms with Gasteiger partial charge in [-0.1, -0.05) is 73.9 Å². The summed E-state index contributed by atoms with van der Waals surface area (Å²) in [5, 5.41) is 5.48. The molecule has 0 saturated carbocycles. The van der Waals surface area contributed by atoms with Gasteiger partial charge in [-0.2, -0.15) is 9.50 Å². The zero-order valence-corrected chi connectivity index (χ0v) is 19.5. The summed E-state index contributed by atoms with van der Waals surface area (Å²) in [6, 6.07) is 15.6. The molecule has 0 amide bonds. The zero-order valence-electron chi connectivity index (χ0n) is 18.7. The highest BCUT2D eigenvalue weighted by Crippen LogP contribution is 2.31. The SMILES string of the molecule is CCCCCCOc1ccccc1C=c1sc2nc(-c3oc4ccccc4c3C)nn2c1=O. The summed E-state index contributed by atoms with van der Waals surface area (Å²) >= 11 is 1.31. The zero-order chi connectivity index (χ0) is 22.8. The molecule has 33 heavy (non-hydrogen) atoms. The molecular formula is C26H25N3O3S. The van der Waals surface area contributed by atoms with E-state index in [1.165, 1.54) is 28.7 Å². The van der Waals surface area contributed by atoms with Crippen LogP contribution in [0.1, 0.15) is 43.7 Å². The van der Waals surface area contributed by atoms with Crippen molar-refractivity contribution < 1.29 is 9.15 Å². The van der Waals surface area contributed by atoms with Crippen LogP contribution in [0.5, 0.6) is 5.75 Å². The molecule has 0 aliphatic rings. The number of hydrogen-bond donors (Lipinski definition) is 0. The molecule has 0 N–H and O–H groups in total. The van der Waals surface area contributed by atoms with Crippen LogP contribution in [-0.2, 0) is 0 Å². The molecule has 0 atom stereocenters. The van der Waals surface area contributed by atoms with Crippen molar-refractivity contribution in [3.05, 3.63) is 74.5 Å². The Labute approximate surface area is 195 Å². The first-order chi connectivity index (χ1) is 16.2. The molecule has 3 aromatic heterocycles. The molecule has 0 spiro atoms. The van der Waals surface area contributed by atoms with Crippen LogP contribution >= 0.6 is 11.3 Å². The molecule has 2 aromatic carbocycles. The smallest absolute Gasteiger partial charge is 0.291 e. The van der Waals surface area contributed by atoms with Crippen LogP contribution in [0.4, 0.5) is 0 Å². The fourth-order valence-electron chi connectivity index (χ4n) is 3.90. The van der Waals surface area contributed by atoms with Gasteiger partial charge in [0.2, 0.25) is 10.8 Å². The largest absolute Gasteiger partial charge is 0.493 e. The van der Waals surface area contributed by atoms with E-state index in [-0.39, 0.29) is 5.56 Å². The van der Waals surface area contributed by atoms with E-state index in [0.29, 0.717) is 27.7 Å². The number of hydrogen-bond acceptors (Lipinski definition) is 6. The standard InChI is InChI=1S/C26H25N3O3S/c1-3-4-5-10-15-31-20-13-8-6-11-18(20)16-22-25(30)29-26(33-22)27-24(28-29)23-17(2)19-12-7-9-14-21(19)32-23/h6-9,11-14,16H,3-5,10,15H2,1-2H3. The Hall–Kier alpha value is -3.45. The minimum Gasteiger partial charge on any atom is -0.493 e. The van der Waals surface area contributed by atoms with E-state index < -0.39 is 0 Å². The third kappa shape index (κ3) is 4.16. The molecule has 0 aliphatic heterocycles. The first-order valence-electron chi connectivity index (χ1n) is 11.3. The molecule has 0 bridgehead atoms. The van der Waals surface area contributed by atoms with Crippen LogP contribution in [0.2, 0.25) is 0 Å². The van der Waals surface area contributed by atoms with Crippen molar-refractivity contribution in [3.63, 3.8) is 0 Å². The fraction of sp³-hybridized carbons (Fsp3) is 0.269. The average Bonchev–Trinajstić information content (AvgIpc) is 3.48. The van der Waals surface area contributed by atoms with Gasteiger partial charge < -0.3 is 9.15 Å². The highest BCUT2D eigenvalue weighted by Gasteiger charge is 2.19. The van der Waals surface area contributed by atoms with Crippen LogP contribution in [0.3, 0.4) is 0 Å². The molecule has 0 radical (unpaired) electrons. The van der Waals surface area contributed by atoms with Crippen molar-refractivity contribution in [1.29, 1.82) is 0 Å². The van der Waals surface area contributed by atoms with Crippen LogP contribution < -0.4 is 14.8 Å². The predicted octanol–water partition coefficient (Wildman–Crippen LogP) is 5.38. The van der Waals surface area contributed by atoms with Gasteiger partial charge in [0, 0.05) is 16.5 Å². The van der Waals surface area contributed by atoms with E-state index in [0.717, 1.165) is 40.7 Å². The number of aryl methyl sites for hydroxylation is 1. The van der Waals surface area contributed by atoms with Crippen molar-refractivity contribution in [3.8, 4) is 17.3 Å². The highest BCUT2D eigenvalue weighted by molar-refractivity contribution is 7.15. The molecule has 168 valence electrons. The van der Waals surface area contributed by atoms with Crippen molar-refractivity contribution in [2.24, 2.45) is 0 Å². The van der Waals surface area contributed by atoms with Crippen molar-refractivity contribution in [2.75, 3.05) is 6.61 Å². The number of thiazole rings is 1. The van der Waals surface area contributed by atoms with Crippen LogP contribution in [-0.4, -0.2) is 21.2 Å². The number of ether oxygens (including phenoxy) is 1. The van der Waals surface area contributed by atoms with Gasteiger partial charge in [0.15, 0.2) is 5.76 Å². The maximum atomic E-state index is 13.0. The summed E-state index contributed by atoms with van der Waals surface area (Å²) in [7, 11) is 0. The maximum Gasteiger partial charge on any atom is 0.291 e. The van der Waals surface area contributed by atoms with Gasteiger partial charge in [-0.25, -0.2) is 0 Å². The maximum absolute atomic E-state index is 13.0. The van der Waals surface area contributed by atoms with Crippen molar-refractivity contribution in [1.82, 2.24) is 14.6 Å². The van der Waals surface area contributed by atoms with E-state index in [1.807, 2.05) is 61.5 Å². The van der Waals surface area contributed by atoms with Gasteiger partial charge in [-0.3, -0.25) is 4.79 Å². The summed E-state index contributed by atoms with van der Waals surface area (Å²) in [6.07, 6.45) is 6.46. The lowest BCUT2D eigenvalue weighted by Crippen LogP contribution is -2.23. The number of rotatable bonds is 8. The second-order valence-electron chi connectivity index (χ2n) is 8.04. The van der Waals surface area contributed by atoms with Crippen LogP contribution in [0.25, 0.3) is 33.6 Å². The van der Waals surface area contributed by atoms with E-state index >= 15 is 0 Å². The Morgan fingerprint density at radius 2 is 1.91 bits per heavy atom. The molecule has 5 aromatic rings. The molecule has 5 rings (SSSR count). The number of para-hydroxylation sites is 2. The lowest BCUT2D eigenvalue weighted by atomic mass is 10.1. The van der Waals surface area contributed by atoms with E-state index in [2.05, 4.69) is 17.0 Å². The van der Waals surface area contributed by atoms with Crippen LogP contribution in [0, 0.1) is 6.92 Å². The Kier molecular flexibility index (Phi) is 5.96. The summed E-state index contributed by atoms with van der Waals surface area (Å²) in [5.41, 5.74) is 2.43. The summed E-state index contributed by atoms with van der Waals surface area (Å²) in [6.45, 7) is 4.84. The topological polar surface area (TPSA) is 69.6 Å². The second kappa shape index (κ2) is 9.19. The quantitative estimate of drug-likeness (QED) is 0.291. The van der Waals surface area contributed by atoms with E-state index in [9.17, 15) is 4.79 Å². The third-order valence-corrected chi connectivity index (χ3v) is 6.65. The Bertz CT molecular complexity index is 1530. The molecule has 0 fully saturated rings. The lowest BCUT2D eigenvalue weighted by Gasteiger charge is -2.08.